The van der Waals surface area contributed by atoms with Crippen LogP contribution >= 0.6 is 11.8 Å². The fourth-order valence-electron chi connectivity index (χ4n) is 4.00. The molecule has 0 saturated carbocycles. The Hall–Kier alpha value is -1.89. The molecule has 2 atom stereocenters. The number of nitrogens with one attached hydrogen (secondary N) is 3. The van der Waals surface area contributed by atoms with E-state index in [1.165, 1.54) is 29.2 Å². The molecule has 0 amide bonds. The lowest BCUT2D eigenvalue weighted by Gasteiger charge is -2.32. The second kappa shape index (κ2) is 15.0. The third kappa shape index (κ3) is 9.31. The zero-order valence-corrected chi connectivity index (χ0v) is 20.7. The second-order valence-electron chi connectivity index (χ2n) is 8.49. The van der Waals surface area contributed by atoms with Crippen molar-refractivity contribution in [2.24, 2.45) is 11.7 Å². The molecule has 0 bridgehead atoms. The van der Waals surface area contributed by atoms with Crippen molar-refractivity contribution in [3.8, 4) is 0 Å². The number of nitrogens with zero attached hydrogens (tertiary/aromatic N) is 1. The number of benzene rings is 1. The van der Waals surface area contributed by atoms with E-state index < -0.39 is 0 Å². The van der Waals surface area contributed by atoms with E-state index in [1.54, 1.807) is 0 Å². The minimum Gasteiger partial charge on any atom is -0.386 e. The summed E-state index contributed by atoms with van der Waals surface area (Å²) in [7, 11) is 2.01. The predicted molar refractivity (Wildman–Crippen MR) is 142 cm³/mol. The van der Waals surface area contributed by atoms with Gasteiger partial charge in [-0.2, -0.15) is 11.8 Å². The molecule has 2 unspecified atom stereocenters. The molecule has 1 aliphatic heterocycles. The van der Waals surface area contributed by atoms with Crippen LogP contribution in [0.4, 0.5) is 0 Å². The fourth-order valence-corrected chi connectivity index (χ4v) is 4.88. The van der Waals surface area contributed by atoms with E-state index in [-0.39, 0.29) is 6.04 Å². The molecule has 1 saturated heterocycles. The van der Waals surface area contributed by atoms with E-state index in [2.05, 4.69) is 76.6 Å². The Morgan fingerprint density at radius 2 is 1.94 bits per heavy atom. The van der Waals surface area contributed by atoms with Gasteiger partial charge in [0.05, 0.1) is 6.04 Å². The third-order valence-corrected chi connectivity index (χ3v) is 7.03. The molecule has 5 N–H and O–H groups in total. The molecule has 178 valence electrons. The lowest BCUT2D eigenvalue weighted by molar-refractivity contribution is 0.308. The molecule has 1 fully saturated rings. The van der Waals surface area contributed by atoms with Crippen LogP contribution in [0.25, 0.3) is 0 Å². The highest BCUT2D eigenvalue weighted by Gasteiger charge is 2.21. The summed E-state index contributed by atoms with van der Waals surface area (Å²) >= 11 is 2.05. The topological polar surface area (TPSA) is 65.3 Å². The Balaban J connectivity index is 2.02. The quantitative estimate of drug-likeness (QED) is 0.303. The zero-order chi connectivity index (χ0) is 23.2. The summed E-state index contributed by atoms with van der Waals surface area (Å²) < 4.78 is 0. The molecule has 1 aromatic carbocycles. The molecule has 32 heavy (non-hydrogen) atoms. The first-order valence-corrected chi connectivity index (χ1v) is 13.0. The van der Waals surface area contributed by atoms with Crippen LogP contribution in [0, 0.1) is 5.92 Å². The lowest BCUT2D eigenvalue weighted by atomic mass is 9.97. The van der Waals surface area contributed by atoms with Crippen LogP contribution in [0.3, 0.4) is 0 Å². The number of nitrogens with two attached hydrogens (primary N) is 1. The summed E-state index contributed by atoms with van der Waals surface area (Å²) in [4.78, 5) is 2.50. The Morgan fingerprint density at radius 1 is 1.16 bits per heavy atom. The van der Waals surface area contributed by atoms with Gasteiger partial charge >= 0.3 is 0 Å². The predicted octanol–water partition coefficient (Wildman–Crippen LogP) is 3.33. The second-order valence-corrected chi connectivity index (χ2v) is 9.71. The summed E-state index contributed by atoms with van der Waals surface area (Å²) in [5.74, 6) is 2.83. The van der Waals surface area contributed by atoms with Gasteiger partial charge in [0.15, 0.2) is 0 Å². The average molecular weight is 458 g/mol. The summed E-state index contributed by atoms with van der Waals surface area (Å²) in [6, 6.07) is 10.5. The molecule has 2 rings (SSSR count). The molecule has 0 spiro atoms. The number of thioether (sulfide) groups is 1. The molecule has 0 aromatic heterocycles. The van der Waals surface area contributed by atoms with Crippen LogP contribution < -0.4 is 21.7 Å². The summed E-state index contributed by atoms with van der Waals surface area (Å²) in [6.07, 6.45) is 4.31. The van der Waals surface area contributed by atoms with Gasteiger partial charge in [0, 0.05) is 54.9 Å². The van der Waals surface area contributed by atoms with E-state index in [0.717, 1.165) is 56.8 Å². The van der Waals surface area contributed by atoms with Gasteiger partial charge in [0.2, 0.25) is 0 Å². The average Bonchev–Trinajstić information content (AvgIpc) is 3.10. The molecule has 6 heteroatoms. The lowest BCUT2D eigenvalue weighted by Crippen LogP contribution is -2.41. The van der Waals surface area contributed by atoms with Crippen LogP contribution in [-0.4, -0.2) is 62.2 Å². The fraction of sp³-hybridized carbons (Fsp3) is 0.538. The standard InChI is InChI=1S/C26H43N5S/c1-21(19-27)30-26(18-24-10-6-5-7-11-24)22(2)29-20-25(12-8-13-28-4)23(3)31-14-9-16-32-17-15-31/h5-7,10-11,25-26,28-30H,1-3,8-9,12-20,27H2,4H3. The van der Waals surface area contributed by atoms with Crippen molar-refractivity contribution in [3.63, 3.8) is 0 Å². The van der Waals surface area contributed by atoms with Gasteiger partial charge in [0.1, 0.15) is 0 Å². The van der Waals surface area contributed by atoms with Crippen LogP contribution in [0.2, 0.25) is 0 Å². The number of hydrogen-bond acceptors (Lipinski definition) is 6. The largest absolute Gasteiger partial charge is 0.386 e. The van der Waals surface area contributed by atoms with Crippen LogP contribution in [-0.2, 0) is 6.42 Å². The zero-order valence-electron chi connectivity index (χ0n) is 19.9. The first kappa shape index (κ1) is 26.4. The molecule has 5 nitrogen and oxygen atoms in total. The maximum absolute atomic E-state index is 5.80. The van der Waals surface area contributed by atoms with Crippen molar-refractivity contribution in [1.82, 2.24) is 20.9 Å². The highest BCUT2D eigenvalue weighted by atomic mass is 32.2. The Morgan fingerprint density at radius 3 is 2.66 bits per heavy atom. The van der Waals surface area contributed by atoms with Gasteiger partial charge in [-0.15, -0.1) is 0 Å². The Kier molecular flexibility index (Phi) is 12.4. The van der Waals surface area contributed by atoms with Crippen LogP contribution in [0.1, 0.15) is 24.8 Å². The van der Waals surface area contributed by atoms with Crippen molar-refractivity contribution in [2.45, 2.75) is 31.7 Å². The van der Waals surface area contributed by atoms with E-state index in [0.29, 0.717) is 12.5 Å². The summed E-state index contributed by atoms with van der Waals surface area (Å²) in [5.41, 5.74) is 10.1. The molecule has 0 aliphatic carbocycles. The number of rotatable bonds is 15. The Bertz CT molecular complexity index is 697. The molecular formula is C26H43N5S. The minimum atomic E-state index is 0.0364. The van der Waals surface area contributed by atoms with E-state index in [4.69, 9.17) is 5.73 Å². The van der Waals surface area contributed by atoms with E-state index in [1.807, 2.05) is 13.1 Å². The van der Waals surface area contributed by atoms with Crippen molar-refractivity contribution in [3.05, 3.63) is 72.7 Å². The van der Waals surface area contributed by atoms with Gasteiger partial charge in [-0.25, -0.2) is 0 Å². The molecule has 1 aromatic rings. The number of hydrogen-bond donors (Lipinski definition) is 4. The monoisotopic (exact) mass is 457 g/mol. The maximum atomic E-state index is 5.80. The highest BCUT2D eigenvalue weighted by Crippen LogP contribution is 2.23. The van der Waals surface area contributed by atoms with Gasteiger partial charge in [0.25, 0.3) is 0 Å². The van der Waals surface area contributed by atoms with E-state index >= 15 is 0 Å². The van der Waals surface area contributed by atoms with Gasteiger partial charge < -0.3 is 26.6 Å². The first-order chi connectivity index (χ1) is 15.5. The van der Waals surface area contributed by atoms with Crippen molar-refractivity contribution in [2.75, 3.05) is 51.3 Å². The SMILES string of the molecule is C=C(CN)NC(Cc1ccccc1)C(=C)NCC(CCCNC)C(=C)N1CCCSCC1. The van der Waals surface area contributed by atoms with E-state index in [9.17, 15) is 0 Å². The summed E-state index contributed by atoms with van der Waals surface area (Å²) in [6.45, 7) is 17.4. The molecule has 0 radical (unpaired) electrons. The first-order valence-electron chi connectivity index (χ1n) is 11.8. The van der Waals surface area contributed by atoms with Crippen molar-refractivity contribution >= 4 is 11.8 Å². The molecule has 1 aliphatic rings. The van der Waals surface area contributed by atoms with Gasteiger partial charge in [-0.05, 0) is 50.6 Å². The minimum absolute atomic E-state index is 0.0364. The summed E-state index contributed by atoms with van der Waals surface area (Å²) in [5, 5.41) is 10.4. The normalized spacial score (nSPS) is 16.0. The van der Waals surface area contributed by atoms with Crippen molar-refractivity contribution < 1.29 is 0 Å². The van der Waals surface area contributed by atoms with Gasteiger partial charge in [-0.1, -0.05) is 50.1 Å². The van der Waals surface area contributed by atoms with Crippen LogP contribution in [0.5, 0.6) is 0 Å². The van der Waals surface area contributed by atoms with Crippen molar-refractivity contribution in [1.29, 1.82) is 0 Å². The third-order valence-electron chi connectivity index (χ3n) is 5.98. The van der Waals surface area contributed by atoms with Crippen LogP contribution in [0.15, 0.2) is 67.2 Å². The smallest absolute Gasteiger partial charge is 0.0691 e. The van der Waals surface area contributed by atoms with Gasteiger partial charge in [-0.3, -0.25) is 0 Å². The molecular weight excluding hydrogens is 414 g/mol. The maximum Gasteiger partial charge on any atom is 0.0691 e. The highest BCUT2D eigenvalue weighted by molar-refractivity contribution is 7.99. The molecule has 1 heterocycles. The Labute approximate surface area is 200 Å².